The molecule has 0 spiro atoms. The minimum absolute atomic E-state index is 0.654. The van der Waals surface area contributed by atoms with Crippen molar-refractivity contribution in [2.45, 2.75) is 23.3 Å². The lowest BCUT2D eigenvalue weighted by molar-refractivity contribution is -0.0679. The SMILES string of the molecule is CSc1ccc(C2(O)CCOCC2)cc1. The molecule has 1 aliphatic rings. The van der Waals surface area contributed by atoms with E-state index >= 15 is 0 Å². The Hall–Kier alpha value is -0.510. The average Bonchev–Trinajstić information content (AvgIpc) is 2.30. The average molecular weight is 224 g/mol. The molecule has 82 valence electrons. The molecule has 0 radical (unpaired) electrons. The van der Waals surface area contributed by atoms with E-state index in [0.717, 1.165) is 5.56 Å². The molecule has 1 aromatic carbocycles. The van der Waals surface area contributed by atoms with Crippen LogP contribution >= 0.6 is 11.8 Å². The summed E-state index contributed by atoms with van der Waals surface area (Å²) < 4.78 is 5.27. The van der Waals surface area contributed by atoms with Gasteiger partial charge in [0, 0.05) is 31.0 Å². The van der Waals surface area contributed by atoms with E-state index in [0.29, 0.717) is 26.1 Å². The van der Waals surface area contributed by atoms with Crippen LogP contribution in [0.2, 0.25) is 0 Å². The van der Waals surface area contributed by atoms with E-state index in [2.05, 4.69) is 18.4 Å². The summed E-state index contributed by atoms with van der Waals surface area (Å²) in [4.78, 5) is 1.23. The van der Waals surface area contributed by atoms with Gasteiger partial charge in [-0.05, 0) is 24.0 Å². The normalized spacial score (nSPS) is 20.1. The van der Waals surface area contributed by atoms with Gasteiger partial charge in [0.1, 0.15) is 0 Å². The molecule has 1 fully saturated rings. The summed E-state index contributed by atoms with van der Waals surface area (Å²) in [5.41, 5.74) is 0.346. The Morgan fingerprint density at radius 2 is 1.80 bits per heavy atom. The molecule has 0 aromatic heterocycles. The first-order chi connectivity index (χ1) is 7.24. The van der Waals surface area contributed by atoms with E-state index in [1.165, 1.54) is 4.90 Å². The summed E-state index contributed by atoms with van der Waals surface area (Å²) in [6.45, 7) is 1.31. The van der Waals surface area contributed by atoms with Gasteiger partial charge in [-0.2, -0.15) is 0 Å². The van der Waals surface area contributed by atoms with E-state index in [9.17, 15) is 5.11 Å². The Morgan fingerprint density at radius 3 is 2.33 bits per heavy atom. The fourth-order valence-corrected chi connectivity index (χ4v) is 2.31. The molecule has 3 heteroatoms. The lowest BCUT2D eigenvalue weighted by Gasteiger charge is -2.32. The summed E-state index contributed by atoms with van der Waals surface area (Å²) in [5.74, 6) is 0. The lowest BCUT2D eigenvalue weighted by Crippen LogP contribution is -2.33. The molecule has 0 saturated carbocycles. The number of hydrogen-bond acceptors (Lipinski definition) is 3. The monoisotopic (exact) mass is 224 g/mol. The quantitative estimate of drug-likeness (QED) is 0.782. The molecule has 15 heavy (non-hydrogen) atoms. The number of rotatable bonds is 2. The summed E-state index contributed by atoms with van der Waals surface area (Å²) in [5, 5.41) is 10.4. The lowest BCUT2D eigenvalue weighted by atomic mass is 9.87. The van der Waals surface area contributed by atoms with Crippen molar-refractivity contribution in [2.24, 2.45) is 0 Å². The Balaban J connectivity index is 2.20. The van der Waals surface area contributed by atoms with Gasteiger partial charge in [-0.1, -0.05) is 12.1 Å². The Morgan fingerprint density at radius 1 is 1.20 bits per heavy atom. The van der Waals surface area contributed by atoms with Gasteiger partial charge >= 0.3 is 0 Å². The highest BCUT2D eigenvalue weighted by Crippen LogP contribution is 2.32. The van der Waals surface area contributed by atoms with E-state index in [4.69, 9.17) is 4.74 Å². The molecule has 2 nitrogen and oxygen atoms in total. The van der Waals surface area contributed by atoms with E-state index < -0.39 is 5.60 Å². The van der Waals surface area contributed by atoms with Crippen LogP contribution in [-0.2, 0) is 10.3 Å². The van der Waals surface area contributed by atoms with Crippen molar-refractivity contribution in [3.05, 3.63) is 29.8 Å². The number of thioether (sulfide) groups is 1. The first-order valence-electron chi connectivity index (χ1n) is 5.19. The zero-order valence-electron chi connectivity index (χ0n) is 8.90. The highest BCUT2D eigenvalue weighted by atomic mass is 32.2. The number of aliphatic hydroxyl groups is 1. The van der Waals surface area contributed by atoms with Crippen LogP contribution in [0.1, 0.15) is 18.4 Å². The number of ether oxygens (including phenoxy) is 1. The van der Waals surface area contributed by atoms with Gasteiger partial charge < -0.3 is 9.84 Å². The van der Waals surface area contributed by atoms with E-state index in [1.54, 1.807) is 11.8 Å². The van der Waals surface area contributed by atoms with E-state index in [1.807, 2.05) is 12.1 Å². The van der Waals surface area contributed by atoms with Crippen LogP contribution in [0.3, 0.4) is 0 Å². The summed E-state index contributed by atoms with van der Waals surface area (Å²) in [6, 6.07) is 8.18. The molecule has 1 N–H and O–H groups in total. The largest absolute Gasteiger partial charge is 0.385 e. The van der Waals surface area contributed by atoms with Crippen molar-refractivity contribution in [1.29, 1.82) is 0 Å². The van der Waals surface area contributed by atoms with Gasteiger partial charge in [-0.15, -0.1) is 11.8 Å². The third-order valence-electron chi connectivity index (χ3n) is 2.95. The predicted octanol–water partition coefficient (Wildman–Crippen LogP) is 2.41. The first kappa shape index (κ1) is 11.0. The van der Waals surface area contributed by atoms with Crippen LogP contribution in [0.5, 0.6) is 0 Å². The van der Waals surface area contributed by atoms with Crippen LogP contribution in [0.25, 0.3) is 0 Å². The maximum atomic E-state index is 10.4. The molecule has 2 rings (SSSR count). The van der Waals surface area contributed by atoms with Crippen molar-refractivity contribution in [2.75, 3.05) is 19.5 Å². The van der Waals surface area contributed by atoms with Gasteiger partial charge in [0.2, 0.25) is 0 Å². The van der Waals surface area contributed by atoms with Crippen LogP contribution in [-0.4, -0.2) is 24.6 Å². The van der Waals surface area contributed by atoms with E-state index in [-0.39, 0.29) is 0 Å². The molecule has 1 aliphatic heterocycles. The van der Waals surface area contributed by atoms with Crippen molar-refractivity contribution in [3.8, 4) is 0 Å². The first-order valence-corrected chi connectivity index (χ1v) is 6.42. The van der Waals surface area contributed by atoms with Crippen molar-refractivity contribution >= 4 is 11.8 Å². The van der Waals surface area contributed by atoms with Gasteiger partial charge in [0.15, 0.2) is 0 Å². The smallest absolute Gasteiger partial charge is 0.0940 e. The topological polar surface area (TPSA) is 29.5 Å². The number of benzene rings is 1. The molecule has 1 heterocycles. The van der Waals surface area contributed by atoms with Crippen molar-refractivity contribution < 1.29 is 9.84 Å². The molecule has 1 saturated heterocycles. The standard InChI is InChI=1S/C12H16O2S/c1-15-11-4-2-10(3-5-11)12(13)6-8-14-9-7-12/h2-5,13H,6-9H2,1H3. The van der Waals surface area contributed by atoms with Gasteiger partial charge in [-0.25, -0.2) is 0 Å². The zero-order valence-corrected chi connectivity index (χ0v) is 9.72. The summed E-state index contributed by atoms with van der Waals surface area (Å²) in [7, 11) is 0. The summed E-state index contributed by atoms with van der Waals surface area (Å²) >= 11 is 1.72. The third kappa shape index (κ3) is 2.36. The fourth-order valence-electron chi connectivity index (χ4n) is 1.90. The second-order valence-corrected chi connectivity index (χ2v) is 4.75. The van der Waals surface area contributed by atoms with Gasteiger partial charge in [-0.3, -0.25) is 0 Å². The minimum atomic E-state index is -0.671. The van der Waals surface area contributed by atoms with Crippen LogP contribution in [0.4, 0.5) is 0 Å². The summed E-state index contributed by atoms with van der Waals surface area (Å²) in [6.07, 6.45) is 3.45. The molecule has 1 aromatic rings. The third-order valence-corrected chi connectivity index (χ3v) is 3.69. The molecule has 0 unspecified atom stereocenters. The van der Waals surface area contributed by atoms with Crippen molar-refractivity contribution in [3.63, 3.8) is 0 Å². The Bertz CT molecular complexity index is 315. The van der Waals surface area contributed by atoms with Crippen molar-refractivity contribution in [1.82, 2.24) is 0 Å². The number of hydrogen-bond donors (Lipinski definition) is 1. The zero-order chi connectivity index (χ0) is 10.7. The second-order valence-electron chi connectivity index (χ2n) is 3.87. The molecular weight excluding hydrogens is 208 g/mol. The molecule has 0 bridgehead atoms. The maximum absolute atomic E-state index is 10.4. The van der Waals surface area contributed by atoms with Gasteiger partial charge in [0.05, 0.1) is 5.60 Å². The molecular formula is C12H16O2S. The van der Waals surface area contributed by atoms with Crippen LogP contribution in [0.15, 0.2) is 29.2 Å². The molecule has 0 amide bonds. The highest BCUT2D eigenvalue weighted by molar-refractivity contribution is 7.98. The minimum Gasteiger partial charge on any atom is -0.385 e. The van der Waals surface area contributed by atoms with Crippen LogP contribution in [0, 0.1) is 0 Å². The highest BCUT2D eigenvalue weighted by Gasteiger charge is 2.31. The second kappa shape index (κ2) is 4.56. The molecule has 0 aliphatic carbocycles. The van der Waals surface area contributed by atoms with Crippen LogP contribution < -0.4 is 0 Å². The van der Waals surface area contributed by atoms with Gasteiger partial charge in [0.25, 0.3) is 0 Å². The Labute approximate surface area is 94.6 Å². The maximum Gasteiger partial charge on any atom is 0.0940 e. The fraction of sp³-hybridized carbons (Fsp3) is 0.500. The molecule has 0 atom stereocenters. The predicted molar refractivity (Wildman–Crippen MR) is 62.2 cm³/mol. The Kier molecular flexibility index (Phi) is 3.34.